The number of nitrogens with two attached hydrogens (primary N) is 1. The number of aromatic nitrogens is 2. The molecular formula is C6H11N3O. The SMILES string of the molecule is NCCCn1cc[nH]c1=O. The van der Waals surface area contributed by atoms with Crippen LogP contribution in [0, 0.1) is 0 Å². The molecule has 1 aromatic heterocycles. The van der Waals surface area contributed by atoms with E-state index >= 15 is 0 Å². The van der Waals surface area contributed by atoms with Gasteiger partial charge in [-0.05, 0) is 13.0 Å². The van der Waals surface area contributed by atoms with Crippen molar-refractivity contribution in [1.82, 2.24) is 9.55 Å². The monoisotopic (exact) mass is 141 g/mol. The molecule has 10 heavy (non-hydrogen) atoms. The van der Waals surface area contributed by atoms with Crippen LogP contribution in [0.1, 0.15) is 6.42 Å². The van der Waals surface area contributed by atoms with Gasteiger partial charge in [0.2, 0.25) is 0 Å². The molecule has 0 aliphatic heterocycles. The van der Waals surface area contributed by atoms with Crippen molar-refractivity contribution >= 4 is 0 Å². The highest BCUT2D eigenvalue weighted by atomic mass is 16.1. The predicted octanol–water partition coefficient (Wildman–Crippen LogP) is -0.475. The molecule has 4 nitrogen and oxygen atoms in total. The van der Waals surface area contributed by atoms with Gasteiger partial charge in [-0.3, -0.25) is 4.57 Å². The van der Waals surface area contributed by atoms with E-state index in [2.05, 4.69) is 4.98 Å². The lowest BCUT2D eigenvalue weighted by Gasteiger charge is -1.95. The molecule has 0 unspecified atom stereocenters. The molecule has 0 aliphatic rings. The Hall–Kier alpha value is -1.03. The third-order valence-corrected chi connectivity index (χ3v) is 1.33. The minimum absolute atomic E-state index is 0.0616. The summed E-state index contributed by atoms with van der Waals surface area (Å²) < 4.78 is 1.60. The third-order valence-electron chi connectivity index (χ3n) is 1.33. The first kappa shape index (κ1) is 7.08. The number of H-pyrrole nitrogens is 1. The van der Waals surface area contributed by atoms with E-state index in [4.69, 9.17) is 5.73 Å². The molecule has 0 spiro atoms. The van der Waals surface area contributed by atoms with Gasteiger partial charge in [-0.25, -0.2) is 4.79 Å². The Morgan fingerprint density at radius 3 is 3.00 bits per heavy atom. The van der Waals surface area contributed by atoms with Crippen LogP contribution in [0.4, 0.5) is 0 Å². The Labute approximate surface area is 58.7 Å². The number of aromatic amines is 1. The number of hydrogen-bond acceptors (Lipinski definition) is 2. The van der Waals surface area contributed by atoms with Crippen molar-refractivity contribution in [2.45, 2.75) is 13.0 Å². The van der Waals surface area contributed by atoms with Crippen molar-refractivity contribution in [3.63, 3.8) is 0 Å². The summed E-state index contributed by atoms with van der Waals surface area (Å²) in [5, 5.41) is 0. The second kappa shape index (κ2) is 3.22. The van der Waals surface area contributed by atoms with Gasteiger partial charge in [-0.15, -0.1) is 0 Å². The lowest BCUT2D eigenvalue weighted by atomic mass is 10.4. The molecule has 0 atom stereocenters. The van der Waals surface area contributed by atoms with Gasteiger partial charge < -0.3 is 10.7 Å². The summed E-state index contributed by atoms with van der Waals surface area (Å²) in [6.45, 7) is 1.33. The fourth-order valence-electron chi connectivity index (χ4n) is 0.787. The van der Waals surface area contributed by atoms with E-state index in [0.717, 1.165) is 6.42 Å². The van der Waals surface area contributed by atoms with Crippen molar-refractivity contribution in [2.24, 2.45) is 5.73 Å². The normalized spacial score (nSPS) is 10.1. The Balaban J connectivity index is 2.57. The second-order valence-electron chi connectivity index (χ2n) is 2.10. The first-order chi connectivity index (χ1) is 4.84. The maximum absolute atomic E-state index is 10.8. The summed E-state index contributed by atoms with van der Waals surface area (Å²) in [5.74, 6) is 0. The predicted molar refractivity (Wildman–Crippen MR) is 38.7 cm³/mol. The Morgan fingerprint density at radius 1 is 1.70 bits per heavy atom. The quantitative estimate of drug-likeness (QED) is 0.597. The summed E-state index contributed by atoms with van der Waals surface area (Å²) in [6, 6.07) is 0. The van der Waals surface area contributed by atoms with Crippen LogP contribution in [0.2, 0.25) is 0 Å². The lowest BCUT2D eigenvalue weighted by Crippen LogP contribution is -2.17. The third kappa shape index (κ3) is 1.48. The maximum atomic E-state index is 10.8. The minimum Gasteiger partial charge on any atom is -0.330 e. The molecule has 0 aromatic carbocycles. The summed E-state index contributed by atoms with van der Waals surface area (Å²) in [6.07, 6.45) is 4.19. The Morgan fingerprint density at radius 2 is 2.50 bits per heavy atom. The van der Waals surface area contributed by atoms with Crippen LogP contribution in [-0.4, -0.2) is 16.1 Å². The largest absolute Gasteiger partial charge is 0.330 e. The first-order valence-corrected chi connectivity index (χ1v) is 3.28. The average molecular weight is 141 g/mol. The van der Waals surface area contributed by atoms with E-state index in [1.54, 1.807) is 17.0 Å². The number of rotatable bonds is 3. The Bertz CT molecular complexity index is 237. The molecule has 0 saturated carbocycles. The van der Waals surface area contributed by atoms with Gasteiger partial charge in [-0.2, -0.15) is 0 Å². The number of imidazole rings is 1. The van der Waals surface area contributed by atoms with Crippen molar-refractivity contribution < 1.29 is 0 Å². The smallest absolute Gasteiger partial charge is 0.325 e. The molecular weight excluding hydrogens is 130 g/mol. The fourth-order valence-corrected chi connectivity index (χ4v) is 0.787. The van der Waals surface area contributed by atoms with Crippen LogP contribution in [0.15, 0.2) is 17.2 Å². The van der Waals surface area contributed by atoms with Crippen LogP contribution in [0.3, 0.4) is 0 Å². The number of hydrogen-bond donors (Lipinski definition) is 2. The van der Waals surface area contributed by atoms with E-state index in [9.17, 15) is 4.79 Å². The molecule has 56 valence electrons. The van der Waals surface area contributed by atoms with Crippen LogP contribution < -0.4 is 11.4 Å². The second-order valence-corrected chi connectivity index (χ2v) is 2.10. The van der Waals surface area contributed by atoms with Gasteiger partial charge >= 0.3 is 5.69 Å². The van der Waals surface area contributed by atoms with E-state index in [0.29, 0.717) is 13.1 Å². The van der Waals surface area contributed by atoms with Gasteiger partial charge in [0.25, 0.3) is 0 Å². The molecule has 4 heteroatoms. The van der Waals surface area contributed by atoms with Crippen LogP contribution in [0.5, 0.6) is 0 Å². The fraction of sp³-hybridized carbons (Fsp3) is 0.500. The number of aryl methyl sites for hydroxylation is 1. The average Bonchev–Trinajstić information content (AvgIpc) is 2.31. The molecule has 0 bridgehead atoms. The zero-order chi connectivity index (χ0) is 7.40. The lowest BCUT2D eigenvalue weighted by molar-refractivity contribution is 0.632. The van der Waals surface area contributed by atoms with Gasteiger partial charge in [0.15, 0.2) is 0 Å². The van der Waals surface area contributed by atoms with Gasteiger partial charge in [0.1, 0.15) is 0 Å². The highest BCUT2D eigenvalue weighted by molar-refractivity contribution is 4.75. The van der Waals surface area contributed by atoms with Gasteiger partial charge in [0.05, 0.1) is 0 Å². The molecule has 1 heterocycles. The molecule has 1 rings (SSSR count). The van der Waals surface area contributed by atoms with Crippen molar-refractivity contribution in [3.8, 4) is 0 Å². The Kier molecular flexibility index (Phi) is 2.28. The molecule has 3 N–H and O–H groups in total. The topological polar surface area (TPSA) is 63.8 Å². The first-order valence-electron chi connectivity index (χ1n) is 3.28. The van der Waals surface area contributed by atoms with Crippen LogP contribution in [0.25, 0.3) is 0 Å². The van der Waals surface area contributed by atoms with Crippen molar-refractivity contribution in [3.05, 3.63) is 22.9 Å². The summed E-state index contributed by atoms with van der Waals surface area (Å²) in [5.41, 5.74) is 5.21. The van der Waals surface area contributed by atoms with E-state index in [1.165, 1.54) is 0 Å². The standard InChI is InChI=1S/C6H11N3O/c7-2-1-4-9-5-3-8-6(9)10/h3,5H,1-2,4,7H2,(H,8,10). The molecule has 0 saturated heterocycles. The highest BCUT2D eigenvalue weighted by Crippen LogP contribution is 1.82. The minimum atomic E-state index is -0.0616. The molecule has 0 fully saturated rings. The zero-order valence-corrected chi connectivity index (χ0v) is 5.71. The van der Waals surface area contributed by atoms with E-state index in [1.807, 2.05) is 0 Å². The van der Waals surface area contributed by atoms with E-state index in [-0.39, 0.29) is 5.69 Å². The number of nitrogens with zero attached hydrogens (tertiary/aromatic N) is 1. The van der Waals surface area contributed by atoms with Crippen LogP contribution in [-0.2, 0) is 6.54 Å². The van der Waals surface area contributed by atoms with Crippen LogP contribution >= 0.6 is 0 Å². The zero-order valence-electron chi connectivity index (χ0n) is 5.71. The van der Waals surface area contributed by atoms with Crippen molar-refractivity contribution in [1.29, 1.82) is 0 Å². The maximum Gasteiger partial charge on any atom is 0.325 e. The molecule has 0 amide bonds. The van der Waals surface area contributed by atoms with Gasteiger partial charge in [0, 0.05) is 18.9 Å². The van der Waals surface area contributed by atoms with Crippen molar-refractivity contribution in [2.75, 3.05) is 6.54 Å². The molecule has 0 radical (unpaired) electrons. The highest BCUT2D eigenvalue weighted by Gasteiger charge is 1.92. The summed E-state index contributed by atoms with van der Waals surface area (Å²) in [7, 11) is 0. The van der Waals surface area contributed by atoms with Gasteiger partial charge in [-0.1, -0.05) is 0 Å². The molecule has 0 aliphatic carbocycles. The summed E-state index contributed by atoms with van der Waals surface area (Å²) in [4.78, 5) is 13.3. The molecule has 1 aromatic rings. The van der Waals surface area contributed by atoms with E-state index < -0.39 is 0 Å². The summed E-state index contributed by atoms with van der Waals surface area (Å²) >= 11 is 0. The number of nitrogens with one attached hydrogen (secondary N) is 1.